The fourth-order valence-electron chi connectivity index (χ4n) is 7.53. The maximum Gasteiger partial charge on any atom is 0.425 e. The molecule has 0 aliphatic carbocycles. The van der Waals surface area contributed by atoms with Gasteiger partial charge in [-0.1, -0.05) is 31.5 Å². The number of carbonyl (C=O) groups is 2. The Balaban J connectivity index is 1.61. The van der Waals surface area contributed by atoms with Crippen LogP contribution in [0.3, 0.4) is 0 Å². The number of ether oxygens (including phenoxy) is 2. The van der Waals surface area contributed by atoms with Crippen molar-refractivity contribution in [1.29, 1.82) is 0 Å². The molecule has 2 unspecified atom stereocenters. The molecule has 5 rings (SSSR count). The topological polar surface area (TPSA) is 112 Å². The number of aliphatic hydroxyl groups excluding tert-OH is 1. The highest BCUT2D eigenvalue weighted by Crippen LogP contribution is 2.46. The predicted molar refractivity (Wildman–Crippen MR) is 179 cm³/mol. The number of benzene rings is 1. The van der Waals surface area contributed by atoms with Crippen molar-refractivity contribution in [2.45, 2.75) is 93.9 Å². The van der Waals surface area contributed by atoms with E-state index in [0.717, 1.165) is 34.7 Å². The number of likely N-dealkylation sites (tertiary alicyclic amines) is 2. The average molecular weight is 758 g/mol. The van der Waals surface area contributed by atoms with Crippen LogP contribution < -0.4 is 9.47 Å². The van der Waals surface area contributed by atoms with Crippen LogP contribution in [0.5, 0.6) is 11.5 Å². The fraction of sp³-hybridized carbons (Fsp3) is 0.528. The molecule has 52 heavy (non-hydrogen) atoms. The zero-order valence-electron chi connectivity index (χ0n) is 28.7. The minimum absolute atomic E-state index is 0.00976. The number of para-hydroxylation sites is 1. The lowest BCUT2D eigenvalue weighted by Crippen LogP contribution is -2.70. The maximum atomic E-state index is 15.2. The molecule has 9 nitrogen and oxygen atoms in total. The van der Waals surface area contributed by atoms with Crippen LogP contribution in [0.15, 0.2) is 54.0 Å². The molecule has 2 fully saturated rings. The number of alkyl halides is 6. The first kappa shape index (κ1) is 39.3. The van der Waals surface area contributed by atoms with E-state index in [1.807, 2.05) is 0 Å². The molecule has 4 atom stereocenters. The normalized spacial score (nSPS) is 24.1. The zero-order valence-corrected chi connectivity index (χ0v) is 29.5. The van der Waals surface area contributed by atoms with E-state index in [2.05, 4.69) is 4.98 Å². The number of methoxy groups -OCH3 is 1. The van der Waals surface area contributed by atoms with Gasteiger partial charge in [0, 0.05) is 61.8 Å². The number of rotatable bonds is 11. The van der Waals surface area contributed by atoms with Crippen molar-refractivity contribution >= 4 is 23.2 Å². The molecule has 0 saturated carbocycles. The Morgan fingerprint density at radius 1 is 1.02 bits per heavy atom. The maximum absolute atomic E-state index is 15.2. The Hall–Kier alpha value is -3.89. The van der Waals surface area contributed by atoms with Gasteiger partial charge in [0.15, 0.2) is 0 Å². The van der Waals surface area contributed by atoms with E-state index < -0.39 is 63.6 Å². The summed E-state index contributed by atoms with van der Waals surface area (Å²) in [5.74, 6) is -1.61. The van der Waals surface area contributed by atoms with Crippen LogP contribution in [0.1, 0.15) is 84.8 Å². The summed E-state index contributed by atoms with van der Waals surface area (Å²) in [6.45, 7) is 1.42. The Kier molecular flexibility index (Phi) is 11.8. The molecule has 2 saturated heterocycles. The third-order valence-corrected chi connectivity index (χ3v) is 10.8. The standard InChI is InChI=1S/C36H41F6N3O6S/c1-3-9-28-34(51-24-20-29(52-22-24)36(40,41)42,14-8-17-45(28)31(47)30-26(35(37,38)39)12-6-16-43-30)32(48)44-18-15-33(49,21-23(44)10-7-19-46)25-11-4-5-13-27(25)50-2/h4-6,11-13,16,20,22-23,28,46,49H,3,7-10,14-15,17-19,21H2,1-2H3/t23?,28-,33?,34+/m1/s1. The summed E-state index contributed by atoms with van der Waals surface area (Å²) in [6.07, 6.45) is -7.65. The summed E-state index contributed by atoms with van der Waals surface area (Å²) in [4.78, 5) is 34.7. The third-order valence-electron chi connectivity index (χ3n) is 9.86. The van der Waals surface area contributed by atoms with E-state index in [4.69, 9.17) is 9.47 Å². The summed E-state index contributed by atoms with van der Waals surface area (Å²) in [5, 5.41) is 22.9. The van der Waals surface area contributed by atoms with Crippen LogP contribution in [0.2, 0.25) is 0 Å². The van der Waals surface area contributed by atoms with Crippen molar-refractivity contribution in [3.8, 4) is 11.5 Å². The van der Waals surface area contributed by atoms with Gasteiger partial charge >= 0.3 is 12.4 Å². The van der Waals surface area contributed by atoms with Gasteiger partial charge in [-0.2, -0.15) is 26.3 Å². The molecular weight excluding hydrogens is 716 g/mol. The van der Waals surface area contributed by atoms with Gasteiger partial charge in [-0.15, -0.1) is 11.3 Å². The van der Waals surface area contributed by atoms with Crippen LogP contribution in [-0.2, 0) is 22.7 Å². The number of hydrogen-bond acceptors (Lipinski definition) is 8. The van der Waals surface area contributed by atoms with Crippen molar-refractivity contribution in [2.24, 2.45) is 0 Å². The summed E-state index contributed by atoms with van der Waals surface area (Å²) < 4.78 is 95.3. The molecule has 3 aromatic rings. The zero-order chi connectivity index (χ0) is 37.9. The molecule has 16 heteroatoms. The molecular formula is C36H41F6N3O6S. The van der Waals surface area contributed by atoms with Gasteiger partial charge in [0.25, 0.3) is 11.8 Å². The Morgan fingerprint density at radius 3 is 2.42 bits per heavy atom. The molecule has 2 aromatic heterocycles. The van der Waals surface area contributed by atoms with Crippen LogP contribution >= 0.6 is 11.3 Å². The lowest BCUT2D eigenvalue weighted by Gasteiger charge is -2.52. The summed E-state index contributed by atoms with van der Waals surface area (Å²) >= 11 is 0.364. The van der Waals surface area contributed by atoms with Crippen molar-refractivity contribution in [3.05, 3.63) is 75.7 Å². The highest BCUT2D eigenvalue weighted by atomic mass is 32.1. The minimum atomic E-state index is -4.92. The van der Waals surface area contributed by atoms with E-state index in [-0.39, 0.29) is 70.4 Å². The SMILES string of the molecule is CCC[C@H]1N(C(=O)c2ncccc2C(F)(F)F)CCC[C@@]1(Oc1csc(C(F)(F)F)c1)C(=O)N1CCC(O)(c2ccccc2OC)CC1CCCO. The molecule has 284 valence electrons. The molecule has 2 aliphatic rings. The summed E-state index contributed by atoms with van der Waals surface area (Å²) in [5.41, 5.74) is -5.12. The van der Waals surface area contributed by atoms with Crippen molar-refractivity contribution in [2.75, 3.05) is 26.8 Å². The lowest BCUT2D eigenvalue weighted by molar-refractivity contribution is -0.168. The first-order valence-corrected chi connectivity index (χ1v) is 17.9. The van der Waals surface area contributed by atoms with Gasteiger partial charge in [0.1, 0.15) is 22.1 Å². The second-order valence-electron chi connectivity index (χ2n) is 13.1. The largest absolute Gasteiger partial charge is 0.496 e. The van der Waals surface area contributed by atoms with Gasteiger partial charge < -0.3 is 29.5 Å². The monoisotopic (exact) mass is 757 g/mol. The minimum Gasteiger partial charge on any atom is -0.496 e. The number of pyridine rings is 1. The van der Waals surface area contributed by atoms with Crippen LogP contribution in [0.25, 0.3) is 0 Å². The number of hydrogen-bond donors (Lipinski definition) is 2. The van der Waals surface area contributed by atoms with Gasteiger partial charge in [-0.05, 0) is 50.3 Å². The number of aromatic nitrogens is 1. The molecule has 4 heterocycles. The number of nitrogens with zero attached hydrogens (tertiary/aromatic N) is 3. The number of carbonyl (C=O) groups excluding carboxylic acids is 2. The number of piperidine rings is 2. The molecule has 0 bridgehead atoms. The van der Waals surface area contributed by atoms with Crippen molar-refractivity contribution in [3.63, 3.8) is 0 Å². The lowest BCUT2D eigenvalue weighted by atomic mass is 9.76. The molecule has 0 radical (unpaired) electrons. The molecule has 1 aromatic carbocycles. The van der Waals surface area contributed by atoms with Gasteiger partial charge in [-0.25, -0.2) is 0 Å². The molecule has 2 N–H and O–H groups in total. The average Bonchev–Trinajstić information content (AvgIpc) is 3.60. The Morgan fingerprint density at radius 2 is 1.77 bits per heavy atom. The van der Waals surface area contributed by atoms with Crippen LogP contribution in [-0.4, -0.2) is 81.3 Å². The number of amides is 2. The number of aliphatic hydroxyl groups is 2. The molecule has 0 spiro atoms. The van der Waals surface area contributed by atoms with E-state index in [0.29, 0.717) is 29.1 Å². The molecule has 2 aliphatic heterocycles. The van der Waals surface area contributed by atoms with Crippen molar-refractivity contribution in [1.82, 2.24) is 14.8 Å². The van der Waals surface area contributed by atoms with E-state index in [1.165, 1.54) is 12.0 Å². The quantitative estimate of drug-likeness (QED) is 0.202. The predicted octanol–water partition coefficient (Wildman–Crippen LogP) is 7.06. The van der Waals surface area contributed by atoms with E-state index in [9.17, 15) is 41.4 Å². The van der Waals surface area contributed by atoms with Crippen LogP contribution in [0.4, 0.5) is 26.3 Å². The van der Waals surface area contributed by atoms with Gasteiger partial charge in [0.05, 0.1) is 24.3 Å². The van der Waals surface area contributed by atoms with E-state index in [1.54, 1.807) is 31.2 Å². The third kappa shape index (κ3) is 7.88. The fourth-order valence-corrected chi connectivity index (χ4v) is 8.21. The number of halogens is 6. The smallest absolute Gasteiger partial charge is 0.425 e. The molecule has 2 amide bonds. The first-order chi connectivity index (χ1) is 24.6. The van der Waals surface area contributed by atoms with Gasteiger partial charge in [0.2, 0.25) is 5.60 Å². The second kappa shape index (κ2) is 15.6. The summed E-state index contributed by atoms with van der Waals surface area (Å²) in [7, 11) is 1.46. The Labute approximate surface area is 301 Å². The van der Waals surface area contributed by atoms with Gasteiger partial charge in [-0.3, -0.25) is 14.6 Å². The first-order valence-electron chi connectivity index (χ1n) is 17.1. The summed E-state index contributed by atoms with van der Waals surface area (Å²) in [6, 6.07) is 7.54. The highest BCUT2D eigenvalue weighted by Gasteiger charge is 2.58. The van der Waals surface area contributed by atoms with Crippen molar-refractivity contribution < 1.29 is 55.6 Å². The Bertz CT molecular complexity index is 1720. The van der Waals surface area contributed by atoms with E-state index >= 15 is 4.79 Å². The van der Waals surface area contributed by atoms with Crippen LogP contribution in [0, 0.1) is 0 Å². The number of thiophene rings is 1. The highest BCUT2D eigenvalue weighted by molar-refractivity contribution is 7.10. The second-order valence-corrected chi connectivity index (χ2v) is 14.1.